The quantitative estimate of drug-likeness (QED) is 0.0924. The molecule has 6 aromatic rings. The number of thioether (sulfide) groups is 1. The van der Waals surface area contributed by atoms with Gasteiger partial charge in [0.05, 0.1) is 11.4 Å². The maximum Gasteiger partial charge on any atom is 0.272 e. The van der Waals surface area contributed by atoms with Crippen molar-refractivity contribution in [3.63, 3.8) is 0 Å². The molecule has 0 aliphatic carbocycles. The SMILES string of the molecule is O=C(CSc1cccc(NC(=O)/C(=C\c2ccc(-c3ccccc3)cc2)NC(=O)c2ccccc2)c1)Nc1nc(-c2ccc(Cl)cc2)cs1. The number of nitrogens with one attached hydrogen (secondary N) is 3. The zero-order chi connectivity index (χ0) is 34.0. The molecule has 0 fully saturated rings. The molecule has 0 atom stereocenters. The Morgan fingerprint density at radius 2 is 1.41 bits per heavy atom. The number of carbonyl (C=O) groups excluding carboxylic acids is 3. The van der Waals surface area contributed by atoms with Crippen molar-refractivity contribution in [3.8, 4) is 22.4 Å². The zero-order valence-corrected chi connectivity index (χ0v) is 28.3. The van der Waals surface area contributed by atoms with E-state index in [2.05, 4.69) is 20.9 Å². The number of carbonyl (C=O) groups is 3. The molecule has 1 aromatic heterocycles. The van der Waals surface area contributed by atoms with Crippen molar-refractivity contribution in [1.82, 2.24) is 10.3 Å². The Balaban J connectivity index is 1.11. The number of thiazole rings is 1. The number of nitrogens with zero attached hydrogens (tertiary/aromatic N) is 1. The molecule has 7 nitrogen and oxygen atoms in total. The summed E-state index contributed by atoms with van der Waals surface area (Å²) in [6, 6.07) is 41.0. The Morgan fingerprint density at radius 1 is 0.735 bits per heavy atom. The average Bonchev–Trinajstić information content (AvgIpc) is 3.60. The lowest BCUT2D eigenvalue weighted by atomic mass is 10.0. The lowest BCUT2D eigenvalue weighted by Crippen LogP contribution is -2.30. The van der Waals surface area contributed by atoms with Gasteiger partial charge in [-0.25, -0.2) is 4.98 Å². The predicted molar refractivity (Wildman–Crippen MR) is 201 cm³/mol. The van der Waals surface area contributed by atoms with Gasteiger partial charge in [-0.2, -0.15) is 0 Å². The minimum Gasteiger partial charge on any atom is -0.321 e. The number of hydrogen-bond donors (Lipinski definition) is 3. The van der Waals surface area contributed by atoms with Crippen molar-refractivity contribution in [2.75, 3.05) is 16.4 Å². The van der Waals surface area contributed by atoms with Gasteiger partial charge in [0.1, 0.15) is 5.70 Å². The van der Waals surface area contributed by atoms with Crippen molar-refractivity contribution >= 4 is 69.3 Å². The van der Waals surface area contributed by atoms with Gasteiger partial charge in [-0.1, -0.05) is 103 Å². The fourth-order valence-corrected chi connectivity index (χ4v) is 6.38. The van der Waals surface area contributed by atoms with Crippen LogP contribution in [0.2, 0.25) is 5.02 Å². The van der Waals surface area contributed by atoms with Crippen molar-refractivity contribution in [3.05, 3.63) is 161 Å². The molecule has 0 saturated carbocycles. The lowest BCUT2D eigenvalue weighted by molar-refractivity contribution is -0.114. The molecule has 0 aliphatic heterocycles. The highest BCUT2D eigenvalue weighted by Gasteiger charge is 2.16. The fourth-order valence-electron chi connectivity index (χ4n) is 4.76. The minimum absolute atomic E-state index is 0.0835. The highest BCUT2D eigenvalue weighted by molar-refractivity contribution is 8.00. The van der Waals surface area contributed by atoms with E-state index in [9.17, 15) is 14.4 Å². The van der Waals surface area contributed by atoms with E-state index >= 15 is 0 Å². The second-order valence-electron chi connectivity index (χ2n) is 10.7. The normalized spacial score (nSPS) is 11.1. The lowest BCUT2D eigenvalue weighted by Gasteiger charge is -2.12. The van der Waals surface area contributed by atoms with Gasteiger partial charge in [-0.3, -0.25) is 14.4 Å². The van der Waals surface area contributed by atoms with Gasteiger partial charge in [-0.05, 0) is 65.2 Å². The molecule has 0 bridgehead atoms. The Labute approximate surface area is 297 Å². The Bertz CT molecular complexity index is 2100. The summed E-state index contributed by atoms with van der Waals surface area (Å²) in [7, 11) is 0. The van der Waals surface area contributed by atoms with Gasteiger partial charge in [-0.15, -0.1) is 23.1 Å². The monoisotopic (exact) mass is 700 g/mol. The van der Waals surface area contributed by atoms with Gasteiger partial charge in [0.2, 0.25) is 5.91 Å². The van der Waals surface area contributed by atoms with Crippen LogP contribution in [0.25, 0.3) is 28.5 Å². The number of amides is 3. The Kier molecular flexibility index (Phi) is 11.0. The molecule has 1 heterocycles. The van der Waals surface area contributed by atoms with Crippen molar-refractivity contribution in [2.45, 2.75) is 4.90 Å². The average molecular weight is 701 g/mol. The molecular formula is C39H29ClN4O3S2. The summed E-state index contributed by atoms with van der Waals surface area (Å²) in [5.74, 6) is -0.955. The van der Waals surface area contributed by atoms with Crippen LogP contribution >= 0.6 is 34.7 Å². The number of benzene rings is 5. The van der Waals surface area contributed by atoms with Crippen LogP contribution in [0.4, 0.5) is 10.8 Å². The second-order valence-corrected chi connectivity index (χ2v) is 13.1. The Morgan fingerprint density at radius 3 is 2.14 bits per heavy atom. The summed E-state index contributed by atoms with van der Waals surface area (Å²) >= 11 is 8.65. The summed E-state index contributed by atoms with van der Waals surface area (Å²) in [5.41, 5.74) is 5.55. The molecular weight excluding hydrogens is 672 g/mol. The summed E-state index contributed by atoms with van der Waals surface area (Å²) in [6.07, 6.45) is 1.64. The van der Waals surface area contributed by atoms with E-state index < -0.39 is 11.8 Å². The molecule has 6 rings (SSSR count). The molecule has 10 heteroatoms. The first-order valence-corrected chi connectivity index (χ1v) is 17.4. The fraction of sp³-hybridized carbons (Fsp3) is 0.0256. The number of rotatable bonds is 11. The van der Waals surface area contributed by atoms with E-state index in [1.54, 1.807) is 60.7 Å². The number of aromatic nitrogens is 1. The third-order valence-corrected chi connectivity index (χ3v) is 9.21. The molecule has 0 spiro atoms. The van der Waals surface area contributed by atoms with Gasteiger partial charge in [0, 0.05) is 32.1 Å². The second kappa shape index (κ2) is 16.1. The highest BCUT2D eigenvalue weighted by Crippen LogP contribution is 2.27. The minimum atomic E-state index is -0.489. The number of hydrogen-bond acceptors (Lipinski definition) is 6. The van der Waals surface area contributed by atoms with Crippen LogP contribution in [0.1, 0.15) is 15.9 Å². The van der Waals surface area contributed by atoms with Gasteiger partial charge < -0.3 is 16.0 Å². The molecule has 242 valence electrons. The van der Waals surface area contributed by atoms with Crippen LogP contribution < -0.4 is 16.0 Å². The summed E-state index contributed by atoms with van der Waals surface area (Å²) < 4.78 is 0. The van der Waals surface area contributed by atoms with Gasteiger partial charge in [0.25, 0.3) is 11.8 Å². The number of anilines is 2. The van der Waals surface area contributed by atoms with E-state index in [-0.39, 0.29) is 17.4 Å². The topological polar surface area (TPSA) is 100 Å². The number of halogens is 1. The smallest absolute Gasteiger partial charge is 0.272 e. The van der Waals surface area contributed by atoms with Crippen LogP contribution in [0.5, 0.6) is 0 Å². The third-order valence-electron chi connectivity index (χ3n) is 7.21. The molecule has 0 unspecified atom stereocenters. The van der Waals surface area contributed by atoms with Gasteiger partial charge >= 0.3 is 0 Å². The molecule has 0 radical (unpaired) electrons. The molecule has 3 amide bonds. The first kappa shape index (κ1) is 33.4. The van der Waals surface area contributed by atoms with Crippen LogP contribution in [-0.4, -0.2) is 28.5 Å². The first-order chi connectivity index (χ1) is 23.9. The van der Waals surface area contributed by atoms with Crippen molar-refractivity contribution < 1.29 is 14.4 Å². The molecule has 5 aromatic carbocycles. The van der Waals surface area contributed by atoms with Gasteiger partial charge in [0.15, 0.2) is 5.13 Å². The highest BCUT2D eigenvalue weighted by atomic mass is 35.5. The molecule has 0 saturated heterocycles. The first-order valence-electron chi connectivity index (χ1n) is 15.2. The standard InChI is InChI=1S/C39H29ClN4O3S2/c40-31-20-18-29(19-21-31)35-24-49-39(43-35)44-36(45)25-48-33-13-7-12-32(23-33)41-38(47)34(42-37(46)30-10-5-2-6-11-30)22-26-14-16-28(17-15-26)27-8-3-1-4-9-27/h1-24H,25H2,(H,41,47)(H,42,46)(H,43,44,45)/b34-22+. The molecule has 3 N–H and O–H groups in total. The van der Waals surface area contributed by atoms with Crippen molar-refractivity contribution in [1.29, 1.82) is 0 Å². The maximum atomic E-state index is 13.6. The maximum absolute atomic E-state index is 13.6. The largest absolute Gasteiger partial charge is 0.321 e. The van der Waals surface area contributed by atoms with Crippen molar-refractivity contribution in [2.24, 2.45) is 0 Å². The Hall–Kier alpha value is -5.48. The van der Waals surface area contributed by atoms with E-state index in [0.29, 0.717) is 21.4 Å². The van der Waals surface area contributed by atoms with E-state index in [0.717, 1.165) is 32.8 Å². The van der Waals surface area contributed by atoms with Crippen LogP contribution in [-0.2, 0) is 9.59 Å². The zero-order valence-electron chi connectivity index (χ0n) is 25.9. The van der Waals surface area contributed by atoms with Crippen LogP contribution in [0, 0.1) is 0 Å². The molecule has 49 heavy (non-hydrogen) atoms. The van der Waals surface area contributed by atoms with E-state index in [4.69, 9.17) is 11.6 Å². The van der Waals surface area contributed by atoms with Crippen LogP contribution in [0.15, 0.2) is 149 Å². The third kappa shape index (κ3) is 9.33. The van der Waals surface area contributed by atoms with Crippen LogP contribution in [0.3, 0.4) is 0 Å². The molecule has 0 aliphatic rings. The predicted octanol–water partition coefficient (Wildman–Crippen LogP) is 9.27. The van der Waals surface area contributed by atoms with E-state index in [1.807, 2.05) is 84.2 Å². The summed E-state index contributed by atoms with van der Waals surface area (Å²) in [4.78, 5) is 44.7. The summed E-state index contributed by atoms with van der Waals surface area (Å²) in [6.45, 7) is 0. The summed E-state index contributed by atoms with van der Waals surface area (Å²) in [5, 5.41) is 11.5. The van der Waals surface area contributed by atoms with E-state index in [1.165, 1.54) is 23.1 Å².